The molecule has 3 N–H and O–H groups in total. The van der Waals surface area contributed by atoms with Crippen LogP contribution < -0.4 is 4.90 Å². The molecule has 0 aliphatic carbocycles. The number of anilines is 1. The summed E-state index contributed by atoms with van der Waals surface area (Å²) in [6, 6.07) is 24.7. The largest absolute Gasteiger partial charge is 0.507 e. The Morgan fingerprint density at radius 2 is 1.64 bits per heavy atom. The Balaban J connectivity index is 1.46. The minimum Gasteiger partial charge on any atom is -0.507 e. The van der Waals surface area contributed by atoms with Gasteiger partial charge in [0.05, 0.1) is 23.0 Å². The van der Waals surface area contributed by atoms with E-state index in [9.17, 15) is 32.4 Å². The lowest BCUT2D eigenvalue weighted by atomic mass is 9.78. The zero-order valence-corrected chi connectivity index (χ0v) is 21.5. The van der Waals surface area contributed by atoms with E-state index in [1.54, 1.807) is 24.3 Å². The molecule has 0 saturated carbocycles. The molecule has 1 aliphatic heterocycles. The minimum absolute atomic E-state index is 0.151. The summed E-state index contributed by atoms with van der Waals surface area (Å²) in [5, 5.41) is 21.6. The third kappa shape index (κ3) is 5.42. The molecule has 0 aromatic heterocycles. The van der Waals surface area contributed by atoms with Crippen LogP contribution in [0.5, 0.6) is 5.75 Å². The van der Waals surface area contributed by atoms with Crippen LogP contribution in [0.4, 0.5) is 10.1 Å². The first-order valence-electron chi connectivity index (χ1n) is 12.4. The first kappa shape index (κ1) is 26.6. The lowest BCUT2D eigenvalue weighted by Crippen LogP contribution is -2.55. The van der Waals surface area contributed by atoms with Crippen LogP contribution in [-0.2, 0) is 14.9 Å². The normalized spacial score (nSPS) is 18.0. The van der Waals surface area contributed by atoms with Crippen LogP contribution in [0.15, 0.2) is 102 Å². The van der Waals surface area contributed by atoms with Crippen LogP contribution >= 0.6 is 0 Å². The fourth-order valence-corrected chi connectivity index (χ4v) is 5.63. The van der Waals surface area contributed by atoms with E-state index >= 15 is 0 Å². The molecule has 0 radical (unpaired) electrons. The predicted octanol–water partition coefficient (Wildman–Crippen LogP) is 5.66. The zero-order valence-electron chi connectivity index (χ0n) is 20.7. The lowest BCUT2D eigenvalue weighted by molar-refractivity contribution is -0.131. The Hall–Kier alpha value is -4.05. The Kier molecular flexibility index (Phi) is 7.22. The number of phenols is 1. The third-order valence-electron chi connectivity index (χ3n) is 7.04. The minimum atomic E-state index is -4.43. The summed E-state index contributed by atoms with van der Waals surface area (Å²) in [6.45, 7) is 0. The van der Waals surface area contributed by atoms with Crippen molar-refractivity contribution in [3.8, 4) is 16.9 Å². The highest BCUT2D eigenvalue weighted by Crippen LogP contribution is 2.47. The van der Waals surface area contributed by atoms with E-state index in [1.807, 2.05) is 30.3 Å². The Bertz CT molecular complexity index is 1630. The number of β-lactam (4-membered cyclic amide) rings is 1. The second-order valence-electron chi connectivity index (χ2n) is 9.52. The number of aliphatic hydroxyl groups is 1. The highest BCUT2D eigenvalue weighted by Gasteiger charge is 2.48. The molecule has 0 bridgehead atoms. The molecular formula is C30H26FNO6S. The van der Waals surface area contributed by atoms with Crippen LogP contribution in [0, 0.1) is 11.7 Å². The molecule has 0 unspecified atom stereocenters. The van der Waals surface area contributed by atoms with Crippen molar-refractivity contribution in [2.45, 2.75) is 29.9 Å². The van der Waals surface area contributed by atoms with Crippen molar-refractivity contribution < 1.29 is 32.4 Å². The van der Waals surface area contributed by atoms with Crippen LogP contribution in [0.3, 0.4) is 0 Å². The number of carbonyl (C=O) groups excluding carboxylic acids is 1. The van der Waals surface area contributed by atoms with E-state index in [1.165, 1.54) is 47.4 Å². The average molecular weight is 548 g/mol. The van der Waals surface area contributed by atoms with Gasteiger partial charge in [0.15, 0.2) is 0 Å². The van der Waals surface area contributed by atoms with Crippen molar-refractivity contribution in [3.63, 3.8) is 0 Å². The van der Waals surface area contributed by atoms with Gasteiger partial charge in [0.1, 0.15) is 11.6 Å². The van der Waals surface area contributed by atoms with Gasteiger partial charge < -0.3 is 15.1 Å². The van der Waals surface area contributed by atoms with Gasteiger partial charge >= 0.3 is 0 Å². The molecular weight excluding hydrogens is 521 g/mol. The number of rotatable bonds is 8. The zero-order chi connectivity index (χ0) is 27.7. The smallest absolute Gasteiger partial charge is 0.294 e. The van der Waals surface area contributed by atoms with Gasteiger partial charge in [0.25, 0.3) is 10.1 Å². The van der Waals surface area contributed by atoms with Gasteiger partial charge in [-0.1, -0.05) is 60.7 Å². The van der Waals surface area contributed by atoms with Crippen molar-refractivity contribution in [1.82, 2.24) is 0 Å². The Labute approximate surface area is 225 Å². The predicted molar refractivity (Wildman–Crippen MR) is 144 cm³/mol. The van der Waals surface area contributed by atoms with E-state index in [4.69, 9.17) is 0 Å². The molecule has 9 heteroatoms. The highest BCUT2D eigenvalue weighted by atomic mass is 32.2. The third-order valence-corrected chi connectivity index (χ3v) is 7.89. The molecule has 4 aromatic carbocycles. The van der Waals surface area contributed by atoms with Gasteiger partial charge in [-0.05, 0) is 65.9 Å². The van der Waals surface area contributed by atoms with Gasteiger partial charge in [0, 0.05) is 11.3 Å². The maximum Gasteiger partial charge on any atom is 0.294 e. The number of phenolic OH excluding ortho intramolecular Hbond substituents is 1. The SMILES string of the molecule is O=C1[C@H](CC[C@H](O)c2ccccc2)[C@@H](c2ccc(-c3cccc(S(=O)(=O)O)c3)c(O)c2)N1c1cccc(F)c1. The fourth-order valence-electron chi connectivity index (χ4n) is 5.11. The molecule has 1 heterocycles. The quantitative estimate of drug-likeness (QED) is 0.194. The van der Waals surface area contributed by atoms with Crippen molar-refractivity contribution in [2.24, 2.45) is 5.92 Å². The number of halogens is 1. The van der Waals surface area contributed by atoms with Gasteiger partial charge in [-0.15, -0.1) is 0 Å². The summed E-state index contributed by atoms with van der Waals surface area (Å²) in [6.07, 6.45) is -0.0567. The molecule has 7 nitrogen and oxygen atoms in total. The maximum atomic E-state index is 14.0. The Morgan fingerprint density at radius 1 is 0.897 bits per heavy atom. The highest BCUT2D eigenvalue weighted by molar-refractivity contribution is 7.85. The summed E-state index contributed by atoms with van der Waals surface area (Å²) in [5.74, 6) is -1.37. The second kappa shape index (κ2) is 10.6. The number of nitrogens with zero attached hydrogens (tertiary/aromatic N) is 1. The molecule has 0 spiro atoms. The van der Waals surface area contributed by atoms with E-state index in [0.29, 0.717) is 35.2 Å². The fraction of sp³-hybridized carbons (Fsp3) is 0.167. The topological polar surface area (TPSA) is 115 Å². The van der Waals surface area contributed by atoms with Gasteiger partial charge in [-0.2, -0.15) is 8.42 Å². The van der Waals surface area contributed by atoms with Crippen LogP contribution in [0.2, 0.25) is 0 Å². The molecule has 4 aromatic rings. The number of hydrogen-bond donors (Lipinski definition) is 3. The summed E-state index contributed by atoms with van der Waals surface area (Å²) >= 11 is 0. The number of hydrogen-bond acceptors (Lipinski definition) is 5. The molecule has 1 aliphatic rings. The number of amides is 1. The van der Waals surface area contributed by atoms with Gasteiger partial charge in [-0.3, -0.25) is 9.35 Å². The van der Waals surface area contributed by atoms with E-state index < -0.39 is 34.0 Å². The van der Waals surface area contributed by atoms with Crippen molar-refractivity contribution in [1.29, 1.82) is 0 Å². The van der Waals surface area contributed by atoms with Gasteiger partial charge in [-0.25, -0.2) is 4.39 Å². The van der Waals surface area contributed by atoms with Crippen LogP contribution in [0.25, 0.3) is 11.1 Å². The number of carbonyl (C=O) groups is 1. The van der Waals surface area contributed by atoms with Crippen LogP contribution in [-0.4, -0.2) is 29.1 Å². The van der Waals surface area contributed by atoms with Gasteiger partial charge in [0.2, 0.25) is 5.91 Å². The van der Waals surface area contributed by atoms with Crippen LogP contribution in [0.1, 0.15) is 36.1 Å². The summed E-state index contributed by atoms with van der Waals surface area (Å²) < 4.78 is 46.5. The molecule has 1 saturated heterocycles. The average Bonchev–Trinajstić information content (AvgIpc) is 2.91. The standard InChI is InChI=1S/C30H26FNO6S/c31-22-9-5-10-23(18-22)32-29(26(30(32)35)14-15-27(33)19-6-2-1-3-7-19)21-12-13-25(28(34)17-21)20-8-4-11-24(16-20)39(36,37)38/h1-13,16-18,26-27,29,33-34H,14-15H2,(H,36,37,38)/t26-,27+,29-/m1/s1. The molecule has 200 valence electrons. The number of aromatic hydroxyl groups is 1. The maximum absolute atomic E-state index is 14.0. The molecule has 39 heavy (non-hydrogen) atoms. The van der Waals surface area contributed by atoms with E-state index in [0.717, 1.165) is 5.56 Å². The number of benzene rings is 4. The van der Waals surface area contributed by atoms with Crippen molar-refractivity contribution in [2.75, 3.05) is 4.90 Å². The second-order valence-corrected chi connectivity index (χ2v) is 10.9. The first-order chi connectivity index (χ1) is 18.6. The van der Waals surface area contributed by atoms with E-state index in [-0.39, 0.29) is 16.6 Å². The van der Waals surface area contributed by atoms with Crippen molar-refractivity contribution in [3.05, 3.63) is 114 Å². The number of aliphatic hydroxyl groups excluding tert-OH is 1. The van der Waals surface area contributed by atoms with Crippen molar-refractivity contribution >= 4 is 21.7 Å². The molecule has 5 rings (SSSR count). The molecule has 1 amide bonds. The summed E-state index contributed by atoms with van der Waals surface area (Å²) in [5.41, 5.74) is 2.45. The Morgan fingerprint density at radius 3 is 2.33 bits per heavy atom. The molecule has 3 atom stereocenters. The lowest BCUT2D eigenvalue weighted by Gasteiger charge is -2.48. The summed E-state index contributed by atoms with van der Waals surface area (Å²) in [4.78, 5) is 14.5. The monoisotopic (exact) mass is 547 g/mol. The first-order valence-corrected chi connectivity index (χ1v) is 13.8. The summed E-state index contributed by atoms with van der Waals surface area (Å²) in [7, 11) is -4.43. The van der Waals surface area contributed by atoms with E-state index in [2.05, 4.69) is 0 Å². The molecule has 1 fully saturated rings.